The molecule has 0 fully saturated rings. The van der Waals surface area contributed by atoms with Crippen molar-refractivity contribution >= 4 is 33.2 Å². The van der Waals surface area contributed by atoms with Gasteiger partial charge < -0.3 is 4.42 Å². The summed E-state index contributed by atoms with van der Waals surface area (Å²) in [5.74, 6) is 1.02. The average molecular weight is 459 g/mol. The molecule has 0 aliphatic rings. The van der Waals surface area contributed by atoms with Gasteiger partial charge in [-0.1, -0.05) is 59.6 Å². The van der Waals surface area contributed by atoms with Crippen LogP contribution in [0.2, 0.25) is 10.0 Å². The number of hydrogen-bond donors (Lipinski definition) is 1. The molecule has 0 amide bonds. The van der Waals surface area contributed by atoms with Crippen molar-refractivity contribution in [1.29, 1.82) is 0 Å². The van der Waals surface area contributed by atoms with Gasteiger partial charge in [0.25, 0.3) is 0 Å². The zero-order valence-corrected chi connectivity index (χ0v) is 17.9. The number of benzene rings is 3. The number of nitrogens with zero attached hydrogens (tertiary/aromatic N) is 1. The Bertz CT molecular complexity index is 1300. The van der Waals surface area contributed by atoms with Crippen molar-refractivity contribution in [3.8, 4) is 22.6 Å². The minimum absolute atomic E-state index is 0.0198. The summed E-state index contributed by atoms with van der Waals surface area (Å²) in [6.07, 6.45) is 0.504. The summed E-state index contributed by atoms with van der Waals surface area (Å²) in [5, 5.41) is 6.03. The summed E-state index contributed by atoms with van der Waals surface area (Å²) in [4.78, 5) is 4.70. The van der Waals surface area contributed by atoms with Gasteiger partial charge in [0.2, 0.25) is 10.0 Å². The molecule has 0 bridgehead atoms. The van der Waals surface area contributed by atoms with Crippen LogP contribution in [0.3, 0.4) is 0 Å². The van der Waals surface area contributed by atoms with Gasteiger partial charge in [0, 0.05) is 17.5 Å². The van der Waals surface area contributed by atoms with E-state index in [0.717, 1.165) is 11.1 Å². The second-order valence-electron chi connectivity index (χ2n) is 6.65. The van der Waals surface area contributed by atoms with E-state index >= 15 is 0 Å². The van der Waals surface area contributed by atoms with Crippen molar-refractivity contribution in [2.45, 2.75) is 11.3 Å². The van der Waals surface area contributed by atoms with Gasteiger partial charge >= 0.3 is 0 Å². The predicted molar refractivity (Wildman–Crippen MR) is 118 cm³/mol. The molecule has 0 saturated carbocycles. The van der Waals surface area contributed by atoms with Crippen LogP contribution in [0.25, 0.3) is 22.6 Å². The molecular formula is C22H16Cl2N2O3S. The van der Waals surface area contributed by atoms with Crippen LogP contribution in [0.15, 0.2) is 82.1 Å². The van der Waals surface area contributed by atoms with Crippen molar-refractivity contribution in [3.05, 3.63) is 94.3 Å². The Balaban J connectivity index is 1.81. The van der Waals surface area contributed by atoms with Crippen molar-refractivity contribution in [3.63, 3.8) is 0 Å². The van der Waals surface area contributed by atoms with Crippen LogP contribution in [0.5, 0.6) is 0 Å². The highest BCUT2D eigenvalue weighted by atomic mass is 35.5. The van der Waals surface area contributed by atoms with Crippen LogP contribution in [-0.2, 0) is 16.4 Å². The van der Waals surface area contributed by atoms with Crippen LogP contribution in [-0.4, -0.2) is 13.4 Å². The zero-order valence-electron chi connectivity index (χ0n) is 15.5. The Morgan fingerprint density at radius 3 is 2.17 bits per heavy atom. The molecule has 0 unspecified atom stereocenters. The lowest BCUT2D eigenvalue weighted by atomic mass is 10.1. The van der Waals surface area contributed by atoms with E-state index in [1.54, 1.807) is 30.3 Å². The molecule has 1 heterocycles. The van der Waals surface area contributed by atoms with Crippen molar-refractivity contribution in [2.75, 3.05) is 0 Å². The minimum Gasteiger partial charge on any atom is -0.440 e. The SMILES string of the molecule is NS(=O)(=O)c1ccc(-c2oc(Cc3ccccc3)nc2-c2ccc(Cl)c(Cl)c2)cc1. The zero-order chi connectivity index (χ0) is 21.3. The number of primary sulfonamides is 1. The number of halogens is 2. The van der Waals surface area contributed by atoms with Gasteiger partial charge in [-0.25, -0.2) is 18.5 Å². The highest BCUT2D eigenvalue weighted by Crippen LogP contribution is 2.36. The molecule has 1 aromatic heterocycles. The lowest BCUT2D eigenvalue weighted by Gasteiger charge is -2.04. The molecular weight excluding hydrogens is 443 g/mol. The average Bonchev–Trinajstić information content (AvgIpc) is 3.14. The summed E-state index contributed by atoms with van der Waals surface area (Å²) < 4.78 is 29.2. The third kappa shape index (κ3) is 4.42. The Morgan fingerprint density at radius 1 is 0.867 bits per heavy atom. The van der Waals surface area contributed by atoms with E-state index in [-0.39, 0.29) is 4.90 Å². The van der Waals surface area contributed by atoms with Gasteiger partial charge in [0.05, 0.1) is 14.9 Å². The van der Waals surface area contributed by atoms with Gasteiger partial charge in [-0.3, -0.25) is 0 Å². The fourth-order valence-electron chi connectivity index (χ4n) is 3.04. The molecule has 5 nitrogen and oxygen atoms in total. The fourth-order valence-corrected chi connectivity index (χ4v) is 3.85. The maximum Gasteiger partial charge on any atom is 0.238 e. The van der Waals surface area contributed by atoms with Crippen LogP contribution >= 0.6 is 23.2 Å². The molecule has 2 N–H and O–H groups in total. The number of rotatable bonds is 5. The topological polar surface area (TPSA) is 86.2 Å². The lowest BCUT2D eigenvalue weighted by Crippen LogP contribution is -2.11. The first kappa shape index (κ1) is 20.6. The number of sulfonamides is 1. The van der Waals surface area contributed by atoms with E-state index in [1.165, 1.54) is 12.1 Å². The number of nitrogens with two attached hydrogens (primary N) is 1. The van der Waals surface area contributed by atoms with Gasteiger partial charge in [-0.2, -0.15) is 0 Å². The molecule has 4 aromatic rings. The molecule has 0 saturated heterocycles. The predicted octanol–water partition coefficient (Wildman–Crippen LogP) is 5.55. The summed E-state index contributed by atoms with van der Waals surface area (Å²) in [6.45, 7) is 0. The molecule has 8 heteroatoms. The highest BCUT2D eigenvalue weighted by molar-refractivity contribution is 7.89. The van der Waals surface area contributed by atoms with E-state index in [0.29, 0.717) is 39.4 Å². The molecule has 0 aliphatic heterocycles. The molecule has 3 aromatic carbocycles. The largest absolute Gasteiger partial charge is 0.440 e. The normalized spacial score (nSPS) is 11.6. The van der Waals surface area contributed by atoms with Gasteiger partial charge in [-0.15, -0.1) is 0 Å². The second kappa shape index (κ2) is 8.24. The molecule has 30 heavy (non-hydrogen) atoms. The molecule has 0 spiro atoms. The summed E-state index contributed by atoms with van der Waals surface area (Å²) in [7, 11) is -3.79. The van der Waals surface area contributed by atoms with Gasteiger partial charge in [-0.05, 0) is 42.0 Å². The van der Waals surface area contributed by atoms with E-state index in [1.807, 2.05) is 30.3 Å². The highest BCUT2D eigenvalue weighted by Gasteiger charge is 2.19. The molecule has 4 rings (SSSR count). The van der Waals surface area contributed by atoms with Gasteiger partial charge in [0.1, 0.15) is 5.69 Å². The number of aromatic nitrogens is 1. The van der Waals surface area contributed by atoms with Crippen LogP contribution < -0.4 is 5.14 Å². The summed E-state index contributed by atoms with van der Waals surface area (Å²) in [6, 6.07) is 21.2. The maximum absolute atomic E-state index is 11.6. The maximum atomic E-state index is 11.6. The van der Waals surface area contributed by atoms with Crippen molar-refractivity contribution in [2.24, 2.45) is 5.14 Å². The standard InChI is InChI=1S/C22H16Cl2N2O3S/c23-18-11-8-16(13-19(18)24)21-22(15-6-9-17(10-7-15)30(25,27)28)29-20(26-21)12-14-4-2-1-3-5-14/h1-11,13H,12H2,(H2,25,27,28). The summed E-state index contributed by atoms with van der Waals surface area (Å²) in [5.41, 5.74) is 3.03. The Kier molecular flexibility index (Phi) is 5.66. The van der Waals surface area contributed by atoms with Crippen LogP contribution in [0.1, 0.15) is 11.5 Å². The van der Waals surface area contributed by atoms with Crippen LogP contribution in [0, 0.1) is 0 Å². The Labute approximate surface area is 184 Å². The first-order valence-corrected chi connectivity index (χ1v) is 11.2. The lowest BCUT2D eigenvalue weighted by molar-refractivity contribution is 0.519. The van der Waals surface area contributed by atoms with E-state index in [9.17, 15) is 8.42 Å². The Hall–Kier alpha value is -2.64. The molecule has 0 atom stereocenters. The van der Waals surface area contributed by atoms with E-state index in [2.05, 4.69) is 4.98 Å². The van der Waals surface area contributed by atoms with E-state index in [4.69, 9.17) is 32.8 Å². The third-order valence-corrected chi connectivity index (χ3v) is 6.18. The van der Waals surface area contributed by atoms with Gasteiger partial charge in [0.15, 0.2) is 11.7 Å². The van der Waals surface area contributed by atoms with Crippen LogP contribution in [0.4, 0.5) is 0 Å². The molecule has 0 radical (unpaired) electrons. The summed E-state index contributed by atoms with van der Waals surface area (Å²) >= 11 is 12.3. The number of hydrogen-bond acceptors (Lipinski definition) is 4. The van der Waals surface area contributed by atoms with Crippen molar-refractivity contribution in [1.82, 2.24) is 4.98 Å². The quantitative estimate of drug-likeness (QED) is 0.424. The smallest absolute Gasteiger partial charge is 0.238 e. The first-order chi connectivity index (χ1) is 14.3. The molecule has 0 aliphatic carbocycles. The third-order valence-electron chi connectivity index (χ3n) is 4.51. The monoisotopic (exact) mass is 458 g/mol. The van der Waals surface area contributed by atoms with E-state index < -0.39 is 10.0 Å². The Morgan fingerprint density at radius 2 is 1.53 bits per heavy atom. The minimum atomic E-state index is -3.79. The fraction of sp³-hybridized carbons (Fsp3) is 0.0455. The van der Waals surface area contributed by atoms with Crippen molar-refractivity contribution < 1.29 is 12.8 Å². The second-order valence-corrected chi connectivity index (χ2v) is 9.02. The number of oxazole rings is 1. The first-order valence-electron chi connectivity index (χ1n) is 8.93. The molecule has 152 valence electrons.